The Morgan fingerprint density at radius 3 is 2.55 bits per heavy atom. The zero-order valence-corrected chi connectivity index (χ0v) is 14.7. The van der Waals surface area contributed by atoms with Crippen LogP contribution in [-0.4, -0.2) is 37.8 Å². The van der Waals surface area contributed by atoms with Gasteiger partial charge in [0.05, 0.1) is 18.2 Å². The van der Waals surface area contributed by atoms with Crippen molar-refractivity contribution in [1.82, 2.24) is 4.90 Å². The van der Waals surface area contributed by atoms with Crippen LogP contribution in [0.3, 0.4) is 0 Å². The van der Waals surface area contributed by atoms with E-state index in [-0.39, 0.29) is 23.1 Å². The molecule has 1 amide bonds. The van der Waals surface area contributed by atoms with Crippen LogP contribution in [0.5, 0.6) is 5.75 Å². The summed E-state index contributed by atoms with van der Waals surface area (Å²) in [5, 5.41) is 0. The number of methoxy groups -OCH3 is 1. The summed E-state index contributed by atoms with van der Waals surface area (Å²) >= 11 is 3.36. The molecule has 6 heteroatoms. The third-order valence-electron chi connectivity index (χ3n) is 4.29. The Labute approximate surface area is 138 Å². The minimum Gasteiger partial charge on any atom is -0.492 e. The Kier molecular flexibility index (Phi) is 5.32. The summed E-state index contributed by atoms with van der Waals surface area (Å²) in [4.78, 5) is 13.5. The zero-order chi connectivity index (χ0) is 16.3. The minimum absolute atomic E-state index is 0.168. The lowest BCUT2D eigenvalue weighted by atomic mass is 9.74. The largest absolute Gasteiger partial charge is 0.492 e. The van der Waals surface area contributed by atoms with Crippen LogP contribution >= 0.6 is 15.9 Å². The second kappa shape index (κ2) is 6.86. The van der Waals surface area contributed by atoms with E-state index in [2.05, 4.69) is 22.9 Å². The predicted octanol–water partition coefficient (Wildman–Crippen LogP) is 4.11. The van der Waals surface area contributed by atoms with E-state index in [1.807, 2.05) is 6.07 Å². The first kappa shape index (κ1) is 17.1. The smallest absolute Gasteiger partial charge is 0.409 e. The molecule has 1 fully saturated rings. The molecule has 0 N–H and O–H groups in total. The molecule has 1 heterocycles. The number of carbonyl (C=O) groups is 1. The van der Waals surface area contributed by atoms with Crippen molar-refractivity contribution in [1.29, 1.82) is 0 Å². The van der Waals surface area contributed by atoms with E-state index in [9.17, 15) is 9.18 Å². The number of amides is 1. The van der Waals surface area contributed by atoms with Crippen molar-refractivity contribution in [2.24, 2.45) is 0 Å². The summed E-state index contributed by atoms with van der Waals surface area (Å²) in [6, 6.07) is 3.44. The van der Waals surface area contributed by atoms with Gasteiger partial charge < -0.3 is 14.4 Å². The van der Waals surface area contributed by atoms with Gasteiger partial charge in [0, 0.05) is 13.1 Å². The lowest BCUT2D eigenvalue weighted by Crippen LogP contribution is -2.44. The van der Waals surface area contributed by atoms with Crippen LogP contribution in [0, 0.1) is 5.82 Å². The summed E-state index contributed by atoms with van der Waals surface area (Å²) < 4.78 is 24.8. The first-order valence-electron chi connectivity index (χ1n) is 7.36. The molecule has 0 aliphatic carbocycles. The second-order valence-corrected chi connectivity index (χ2v) is 6.57. The predicted molar refractivity (Wildman–Crippen MR) is 85.8 cm³/mol. The Hall–Kier alpha value is -1.30. The van der Waals surface area contributed by atoms with Gasteiger partial charge in [-0.15, -0.1) is 0 Å². The number of hydrogen-bond acceptors (Lipinski definition) is 3. The molecule has 0 radical (unpaired) electrons. The van der Waals surface area contributed by atoms with Crippen LogP contribution in [0.15, 0.2) is 16.6 Å². The normalized spacial score (nSPS) is 17.2. The highest BCUT2D eigenvalue weighted by Gasteiger charge is 2.34. The first-order valence-corrected chi connectivity index (χ1v) is 8.16. The van der Waals surface area contributed by atoms with Crippen LogP contribution in [-0.2, 0) is 10.2 Å². The van der Waals surface area contributed by atoms with Gasteiger partial charge in [0.1, 0.15) is 0 Å². The second-order valence-electron chi connectivity index (χ2n) is 5.72. The third kappa shape index (κ3) is 3.37. The fourth-order valence-corrected chi connectivity index (χ4v) is 3.39. The van der Waals surface area contributed by atoms with Crippen molar-refractivity contribution < 1.29 is 18.7 Å². The molecule has 0 bridgehead atoms. The van der Waals surface area contributed by atoms with Gasteiger partial charge in [-0.05, 0) is 58.8 Å². The minimum atomic E-state index is -0.374. The van der Waals surface area contributed by atoms with E-state index in [0.717, 1.165) is 18.4 Å². The van der Waals surface area contributed by atoms with Crippen molar-refractivity contribution in [2.75, 3.05) is 26.8 Å². The summed E-state index contributed by atoms with van der Waals surface area (Å²) in [5.41, 5.74) is 0.750. The average Bonchev–Trinajstić information content (AvgIpc) is 2.48. The maximum atomic E-state index is 14.1. The lowest BCUT2D eigenvalue weighted by molar-refractivity contribution is 0.0884. The van der Waals surface area contributed by atoms with E-state index in [0.29, 0.717) is 24.2 Å². The molecule has 22 heavy (non-hydrogen) atoms. The van der Waals surface area contributed by atoms with Crippen molar-refractivity contribution in [2.45, 2.75) is 32.1 Å². The number of nitrogens with zero attached hydrogens (tertiary/aromatic N) is 1. The molecule has 1 aromatic carbocycles. The number of benzene rings is 1. The summed E-state index contributed by atoms with van der Waals surface area (Å²) in [6.07, 6.45) is 1.26. The number of rotatable bonds is 3. The maximum absolute atomic E-state index is 14.1. The molecule has 0 saturated carbocycles. The molecule has 1 aromatic rings. The molecule has 2 rings (SSSR count). The maximum Gasteiger partial charge on any atom is 0.409 e. The van der Waals surface area contributed by atoms with Crippen LogP contribution in [0.25, 0.3) is 0 Å². The fourth-order valence-electron chi connectivity index (χ4n) is 2.79. The molecule has 0 spiro atoms. The van der Waals surface area contributed by atoms with Crippen LogP contribution in [0.2, 0.25) is 0 Å². The van der Waals surface area contributed by atoms with Gasteiger partial charge in [-0.1, -0.05) is 6.92 Å². The van der Waals surface area contributed by atoms with E-state index in [1.54, 1.807) is 11.8 Å². The summed E-state index contributed by atoms with van der Waals surface area (Å²) in [5.74, 6) is -0.155. The average molecular weight is 374 g/mol. The summed E-state index contributed by atoms with van der Waals surface area (Å²) in [6.45, 7) is 5.50. The highest BCUT2D eigenvalue weighted by molar-refractivity contribution is 9.10. The standard InChI is InChI=1S/C16H21BrFNO3/c1-4-22-15(20)19-7-5-16(2,6-8-19)11-9-12(17)14(21-3)13(18)10-11/h9-10H,4-8H2,1-3H3. The molecule has 1 aliphatic rings. The van der Waals surface area contributed by atoms with Gasteiger partial charge in [-0.25, -0.2) is 9.18 Å². The van der Waals surface area contributed by atoms with Gasteiger partial charge >= 0.3 is 6.09 Å². The van der Waals surface area contributed by atoms with Crippen LogP contribution in [0.1, 0.15) is 32.3 Å². The lowest BCUT2D eigenvalue weighted by Gasteiger charge is -2.39. The Balaban J connectivity index is 2.15. The summed E-state index contributed by atoms with van der Waals surface area (Å²) in [7, 11) is 1.45. The molecule has 0 atom stereocenters. The Morgan fingerprint density at radius 2 is 2.05 bits per heavy atom. The first-order chi connectivity index (χ1) is 10.4. The Bertz CT molecular complexity index is 533. The molecule has 122 valence electrons. The Morgan fingerprint density at radius 1 is 1.41 bits per heavy atom. The highest BCUT2D eigenvalue weighted by Crippen LogP contribution is 2.39. The highest BCUT2D eigenvalue weighted by atomic mass is 79.9. The molecule has 0 aromatic heterocycles. The monoisotopic (exact) mass is 373 g/mol. The van der Waals surface area contributed by atoms with E-state index < -0.39 is 0 Å². The molecule has 1 aliphatic heterocycles. The topological polar surface area (TPSA) is 38.8 Å². The number of halogens is 2. The number of likely N-dealkylation sites (tertiary alicyclic amines) is 1. The van der Waals surface area contributed by atoms with Crippen LogP contribution in [0.4, 0.5) is 9.18 Å². The molecule has 4 nitrogen and oxygen atoms in total. The molecule has 1 saturated heterocycles. The SMILES string of the molecule is CCOC(=O)N1CCC(C)(c2cc(F)c(OC)c(Br)c2)CC1. The van der Waals surface area contributed by atoms with Crippen molar-refractivity contribution in [3.8, 4) is 5.75 Å². The quantitative estimate of drug-likeness (QED) is 0.800. The number of carbonyl (C=O) groups excluding carboxylic acids is 1. The van der Waals surface area contributed by atoms with E-state index in [4.69, 9.17) is 9.47 Å². The fraction of sp³-hybridized carbons (Fsp3) is 0.562. The van der Waals surface area contributed by atoms with Crippen LogP contribution < -0.4 is 4.74 Å². The third-order valence-corrected chi connectivity index (χ3v) is 4.88. The molecule has 0 unspecified atom stereocenters. The zero-order valence-electron chi connectivity index (χ0n) is 13.1. The molecular formula is C16H21BrFNO3. The van der Waals surface area contributed by atoms with Crippen molar-refractivity contribution in [3.05, 3.63) is 28.0 Å². The molecular weight excluding hydrogens is 353 g/mol. The van der Waals surface area contributed by atoms with Crippen molar-refractivity contribution >= 4 is 22.0 Å². The number of ether oxygens (including phenoxy) is 2. The van der Waals surface area contributed by atoms with E-state index >= 15 is 0 Å². The number of hydrogen-bond donors (Lipinski definition) is 0. The number of piperidine rings is 1. The van der Waals surface area contributed by atoms with Gasteiger partial charge in [-0.3, -0.25) is 0 Å². The van der Waals surface area contributed by atoms with Gasteiger partial charge in [0.25, 0.3) is 0 Å². The van der Waals surface area contributed by atoms with Gasteiger partial charge in [-0.2, -0.15) is 0 Å². The van der Waals surface area contributed by atoms with Gasteiger partial charge in [0.15, 0.2) is 11.6 Å². The van der Waals surface area contributed by atoms with Crippen molar-refractivity contribution in [3.63, 3.8) is 0 Å². The van der Waals surface area contributed by atoms with Gasteiger partial charge in [0.2, 0.25) is 0 Å². The van der Waals surface area contributed by atoms with E-state index in [1.165, 1.54) is 13.2 Å².